The molecule has 1 heterocycles. The summed E-state index contributed by atoms with van der Waals surface area (Å²) < 4.78 is 6.77. The van der Waals surface area contributed by atoms with Crippen LogP contribution >= 0.6 is 0 Å². The molecule has 0 aliphatic carbocycles. The van der Waals surface area contributed by atoms with Crippen molar-refractivity contribution >= 4 is 11.8 Å². The summed E-state index contributed by atoms with van der Waals surface area (Å²) in [5.74, 6) is -0.392. The second kappa shape index (κ2) is 13.6. The fourth-order valence-corrected chi connectivity index (χ4v) is 3.42. The predicted octanol–water partition coefficient (Wildman–Crippen LogP) is 3.71. The minimum absolute atomic E-state index is 0.0177. The highest BCUT2D eigenvalue weighted by atomic mass is 16.5. The Morgan fingerprint density at radius 1 is 1.12 bits per heavy atom. The number of hydrogen-bond donors (Lipinski definition) is 1. The van der Waals surface area contributed by atoms with Crippen LogP contribution < -0.4 is 10.7 Å². The first-order chi connectivity index (χ1) is 15.9. The predicted molar refractivity (Wildman–Crippen MR) is 130 cm³/mol. The van der Waals surface area contributed by atoms with E-state index in [1.807, 2.05) is 30.3 Å². The van der Waals surface area contributed by atoms with Gasteiger partial charge in [0, 0.05) is 45.7 Å². The van der Waals surface area contributed by atoms with Crippen LogP contribution in [0.1, 0.15) is 66.3 Å². The Bertz CT molecular complexity index is 954. The monoisotopic (exact) mass is 455 g/mol. The first-order valence-electron chi connectivity index (χ1n) is 11.7. The molecule has 2 aromatic rings. The van der Waals surface area contributed by atoms with Crippen LogP contribution in [0, 0.1) is 5.92 Å². The molecule has 1 aromatic heterocycles. The Labute approximate surface area is 196 Å². The summed E-state index contributed by atoms with van der Waals surface area (Å²) in [6.45, 7) is 8.48. The van der Waals surface area contributed by atoms with Gasteiger partial charge in [-0.05, 0) is 24.3 Å². The Morgan fingerprint density at radius 3 is 2.45 bits per heavy atom. The average molecular weight is 456 g/mol. The molecule has 0 bridgehead atoms. The lowest BCUT2D eigenvalue weighted by Gasteiger charge is -2.23. The van der Waals surface area contributed by atoms with Crippen LogP contribution in [0.4, 0.5) is 0 Å². The van der Waals surface area contributed by atoms with Gasteiger partial charge in [0.2, 0.25) is 5.43 Å². The maximum absolute atomic E-state index is 13.6. The van der Waals surface area contributed by atoms with Crippen LogP contribution in [0.2, 0.25) is 0 Å². The maximum atomic E-state index is 13.6. The van der Waals surface area contributed by atoms with Crippen molar-refractivity contribution in [3.05, 3.63) is 69.6 Å². The van der Waals surface area contributed by atoms with E-state index in [0.29, 0.717) is 32.2 Å². The fraction of sp³-hybridized carbons (Fsp3) is 0.500. The van der Waals surface area contributed by atoms with Crippen molar-refractivity contribution in [3.8, 4) is 0 Å². The molecule has 2 amide bonds. The van der Waals surface area contributed by atoms with Gasteiger partial charge >= 0.3 is 0 Å². The van der Waals surface area contributed by atoms with Gasteiger partial charge in [0.1, 0.15) is 11.1 Å². The first-order valence-corrected chi connectivity index (χ1v) is 11.7. The number of ether oxygens (including phenoxy) is 1. The lowest BCUT2D eigenvalue weighted by atomic mass is 10.1. The molecular weight excluding hydrogens is 418 g/mol. The van der Waals surface area contributed by atoms with Gasteiger partial charge in [-0.2, -0.15) is 0 Å². The first kappa shape index (κ1) is 26.3. The van der Waals surface area contributed by atoms with Crippen LogP contribution in [0.15, 0.2) is 47.5 Å². The molecule has 0 saturated heterocycles. The summed E-state index contributed by atoms with van der Waals surface area (Å²) in [6.07, 6.45) is 5.78. The van der Waals surface area contributed by atoms with Gasteiger partial charge in [0.15, 0.2) is 0 Å². The molecule has 33 heavy (non-hydrogen) atoms. The second-order valence-corrected chi connectivity index (χ2v) is 8.65. The van der Waals surface area contributed by atoms with Crippen molar-refractivity contribution in [1.82, 2.24) is 14.8 Å². The van der Waals surface area contributed by atoms with Gasteiger partial charge < -0.3 is 19.5 Å². The third-order valence-corrected chi connectivity index (χ3v) is 5.40. The van der Waals surface area contributed by atoms with Crippen molar-refractivity contribution in [2.45, 2.75) is 53.1 Å². The number of amides is 2. The number of rotatable bonds is 13. The third kappa shape index (κ3) is 8.17. The number of aromatic nitrogens is 1. The minimum Gasteiger partial charge on any atom is -0.383 e. The zero-order valence-electron chi connectivity index (χ0n) is 20.3. The number of carbonyl (C=O) groups is 2. The Morgan fingerprint density at radius 2 is 1.82 bits per heavy atom. The molecular formula is C26H37N3O4. The van der Waals surface area contributed by atoms with Crippen molar-refractivity contribution in [2.75, 3.05) is 26.8 Å². The molecule has 0 radical (unpaired) electrons. The van der Waals surface area contributed by atoms with Crippen molar-refractivity contribution < 1.29 is 14.3 Å². The number of aryl methyl sites for hydroxylation is 1. The minimum atomic E-state index is -0.537. The number of methoxy groups -OCH3 is 1. The van der Waals surface area contributed by atoms with Crippen LogP contribution in [-0.4, -0.2) is 48.1 Å². The van der Waals surface area contributed by atoms with Crippen LogP contribution in [0.25, 0.3) is 0 Å². The Hall–Kier alpha value is -2.93. The number of benzene rings is 1. The number of nitrogens with zero attached hydrogens (tertiary/aromatic N) is 2. The number of pyridine rings is 1. The van der Waals surface area contributed by atoms with E-state index in [1.165, 1.54) is 0 Å². The van der Waals surface area contributed by atoms with E-state index < -0.39 is 11.3 Å². The summed E-state index contributed by atoms with van der Waals surface area (Å²) in [5, 5.41) is 2.70. The van der Waals surface area contributed by atoms with E-state index in [0.717, 1.165) is 24.8 Å². The van der Waals surface area contributed by atoms with Gasteiger partial charge in [-0.1, -0.05) is 57.5 Å². The van der Waals surface area contributed by atoms with Crippen LogP contribution in [-0.2, 0) is 17.8 Å². The molecule has 0 aliphatic rings. The molecule has 1 aromatic carbocycles. The van der Waals surface area contributed by atoms with Crippen molar-refractivity contribution in [2.24, 2.45) is 5.92 Å². The smallest absolute Gasteiger partial charge is 0.259 e. The largest absolute Gasteiger partial charge is 0.383 e. The number of hydrogen-bond acceptors (Lipinski definition) is 4. The summed E-state index contributed by atoms with van der Waals surface area (Å²) in [7, 11) is 1.54. The van der Waals surface area contributed by atoms with E-state index in [9.17, 15) is 14.4 Å². The molecule has 0 fully saturated rings. The standard InChI is InChI=1S/C26H37N3O4/c1-5-6-14-29(17-21-10-8-7-9-11-21)26(32)23-19-28(15-12-20(2)3)18-22(24(23)30)25(31)27-13-16-33-4/h7-11,18-20H,5-6,12-17H2,1-4H3,(H,27,31). The van der Waals surface area contributed by atoms with Gasteiger partial charge in [0.25, 0.3) is 11.8 Å². The zero-order valence-corrected chi connectivity index (χ0v) is 20.3. The molecule has 0 unspecified atom stereocenters. The maximum Gasteiger partial charge on any atom is 0.259 e. The molecule has 0 aliphatic heterocycles. The summed E-state index contributed by atoms with van der Waals surface area (Å²) in [5.41, 5.74) is 0.474. The fourth-order valence-electron chi connectivity index (χ4n) is 3.42. The number of nitrogens with one attached hydrogen (secondary N) is 1. The SMILES string of the molecule is CCCCN(Cc1ccccc1)C(=O)c1cn(CCC(C)C)cc(C(=O)NCCOC)c1=O. The number of carbonyl (C=O) groups excluding carboxylic acids is 2. The van der Waals surface area contributed by atoms with Crippen molar-refractivity contribution in [1.29, 1.82) is 0 Å². The van der Waals surface area contributed by atoms with E-state index in [2.05, 4.69) is 26.1 Å². The molecule has 1 N–H and O–H groups in total. The molecule has 180 valence electrons. The molecule has 0 atom stereocenters. The molecule has 7 heteroatoms. The lowest BCUT2D eigenvalue weighted by Crippen LogP contribution is -2.38. The number of unbranched alkanes of at least 4 members (excludes halogenated alkanes) is 1. The highest BCUT2D eigenvalue weighted by Crippen LogP contribution is 2.12. The summed E-state index contributed by atoms with van der Waals surface area (Å²) in [4.78, 5) is 41.3. The van der Waals surface area contributed by atoms with Gasteiger partial charge in [-0.15, -0.1) is 0 Å². The van der Waals surface area contributed by atoms with Gasteiger partial charge in [0.05, 0.1) is 6.61 Å². The topological polar surface area (TPSA) is 80.6 Å². The Balaban J connectivity index is 2.42. The van der Waals surface area contributed by atoms with Gasteiger partial charge in [-0.3, -0.25) is 14.4 Å². The normalized spacial score (nSPS) is 10.9. The van der Waals surface area contributed by atoms with Gasteiger partial charge in [-0.25, -0.2) is 0 Å². The van der Waals surface area contributed by atoms with E-state index >= 15 is 0 Å². The summed E-state index contributed by atoms with van der Waals surface area (Å²) >= 11 is 0. The highest BCUT2D eigenvalue weighted by Gasteiger charge is 2.23. The van der Waals surface area contributed by atoms with E-state index in [-0.39, 0.29) is 23.6 Å². The van der Waals surface area contributed by atoms with Crippen LogP contribution in [0.3, 0.4) is 0 Å². The quantitative estimate of drug-likeness (QED) is 0.467. The van der Waals surface area contributed by atoms with Crippen LogP contribution in [0.5, 0.6) is 0 Å². The van der Waals surface area contributed by atoms with E-state index in [1.54, 1.807) is 29.0 Å². The zero-order chi connectivity index (χ0) is 24.2. The highest BCUT2D eigenvalue weighted by molar-refractivity contribution is 5.99. The second-order valence-electron chi connectivity index (χ2n) is 8.65. The lowest BCUT2D eigenvalue weighted by molar-refractivity contribution is 0.0738. The Kier molecular flexibility index (Phi) is 10.8. The molecule has 7 nitrogen and oxygen atoms in total. The molecule has 2 rings (SSSR count). The molecule has 0 spiro atoms. The summed E-state index contributed by atoms with van der Waals surface area (Å²) in [6, 6.07) is 9.73. The van der Waals surface area contributed by atoms with E-state index in [4.69, 9.17) is 4.74 Å². The van der Waals surface area contributed by atoms with Crippen molar-refractivity contribution in [3.63, 3.8) is 0 Å². The molecule has 0 saturated carbocycles. The third-order valence-electron chi connectivity index (χ3n) is 5.40. The average Bonchev–Trinajstić information content (AvgIpc) is 2.81.